The summed E-state index contributed by atoms with van der Waals surface area (Å²) in [6.07, 6.45) is 3.77. The minimum absolute atomic E-state index is 0.136. The topological polar surface area (TPSA) is 68.4 Å². The van der Waals surface area contributed by atoms with Gasteiger partial charge in [-0.15, -0.1) is 0 Å². The molecular weight excluding hydrogens is 352 g/mol. The van der Waals surface area contributed by atoms with Crippen LogP contribution in [0.25, 0.3) is 0 Å². The highest BCUT2D eigenvalue weighted by molar-refractivity contribution is 7.71. The molecule has 2 aromatic heterocycles. The first kappa shape index (κ1) is 18.5. The van der Waals surface area contributed by atoms with Crippen molar-refractivity contribution in [1.82, 2.24) is 24.2 Å². The van der Waals surface area contributed by atoms with Crippen molar-refractivity contribution in [2.45, 2.75) is 20.0 Å². The van der Waals surface area contributed by atoms with Crippen molar-refractivity contribution in [1.29, 1.82) is 0 Å². The summed E-state index contributed by atoms with van der Waals surface area (Å²) in [6.45, 7) is 6.52. The molecule has 0 radical (unpaired) electrons. The number of carbonyl (C=O) groups excluding carboxylic acids is 1. The SMILES string of the molecule is CCOC(=O)Cc1nn(CN2CCN(c3ccncc3)CC2)c(=S)n1C. The van der Waals surface area contributed by atoms with Gasteiger partial charge in [0.25, 0.3) is 0 Å². The molecule has 0 spiro atoms. The summed E-state index contributed by atoms with van der Waals surface area (Å²) >= 11 is 5.47. The normalized spacial score (nSPS) is 15.2. The van der Waals surface area contributed by atoms with Gasteiger partial charge in [-0.05, 0) is 31.3 Å². The summed E-state index contributed by atoms with van der Waals surface area (Å²) in [5.74, 6) is 0.345. The van der Waals surface area contributed by atoms with Crippen LogP contribution in [0.3, 0.4) is 0 Å². The molecular formula is C17H24N6O2S. The van der Waals surface area contributed by atoms with Gasteiger partial charge in [0.05, 0.1) is 13.3 Å². The van der Waals surface area contributed by atoms with Crippen LogP contribution in [0.15, 0.2) is 24.5 Å². The van der Waals surface area contributed by atoms with Crippen LogP contribution in [-0.4, -0.2) is 63.0 Å². The van der Waals surface area contributed by atoms with E-state index in [0.29, 0.717) is 23.9 Å². The van der Waals surface area contributed by atoms with Gasteiger partial charge in [-0.3, -0.25) is 14.7 Å². The lowest BCUT2D eigenvalue weighted by molar-refractivity contribution is -0.142. The second-order valence-corrected chi connectivity index (χ2v) is 6.56. The lowest BCUT2D eigenvalue weighted by atomic mass is 10.3. The molecule has 0 aliphatic carbocycles. The average Bonchev–Trinajstić information content (AvgIpc) is 2.91. The van der Waals surface area contributed by atoms with Gasteiger partial charge < -0.3 is 14.2 Å². The largest absolute Gasteiger partial charge is 0.466 e. The minimum atomic E-state index is -0.284. The maximum absolute atomic E-state index is 11.7. The Morgan fingerprint density at radius 2 is 1.92 bits per heavy atom. The fourth-order valence-electron chi connectivity index (χ4n) is 3.01. The minimum Gasteiger partial charge on any atom is -0.466 e. The van der Waals surface area contributed by atoms with E-state index in [2.05, 4.69) is 19.9 Å². The molecule has 0 aromatic carbocycles. The van der Waals surface area contributed by atoms with E-state index in [1.807, 2.05) is 31.6 Å². The van der Waals surface area contributed by atoms with Crippen molar-refractivity contribution in [2.24, 2.45) is 7.05 Å². The van der Waals surface area contributed by atoms with Gasteiger partial charge in [0.2, 0.25) is 0 Å². The smallest absolute Gasteiger partial charge is 0.313 e. The first-order valence-electron chi connectivity index (χ1n) is 8.74. The first-order chi connectivity index (χ1) is 12.6. The van der Waals surface area contributed by atoms with Gasteiger partial charge in [0.1, 0.15) is 12.2 Å². The highest BCUT2D eigenvalue weighted by Crippen LogP contribution is 2.15. The van der Waals surface area contributed by atoms with Crippen LogP contribution in [0.2, 0.25) is 0 Å². The van der Waals surface area contributed by atoms with Crippen molar-refractivity contribution in [3.8, 4) is 0 Å². The van der Waals surface area contributed by atoms with Crippen molar-refractivity contribution >= 4 is 23.9 Å². The summed E-state index contributed by atoms with van der Waals surface area (Å²) in [7, 11) is 1.84. The van der Waals surface area contributed by atoms with Gasteiger partial charge in [-0.2, -0.15) is 5.10 Å². The number of rotatable bonds is 6. The number of hydrogen-bond acceptors (Lipinski definition) is 7. The van der Waals surface area contributed by atoms with E-state index in [0.717, 1.165) is 26.2 Å². The fraction of sp³-hybridized carbons (Fsp3) is 0.529. The Kier molecular flexibility index (Phi) is 6.00. The standard InChI is InChI=1S/C17H24N6O2S/c1-3-25-16(24)12-15-19-23(17(26)20(15)2)13-21-8-10-22(11-9-21)14-4-6-18-7-5-14/h4-7H,3,8-13H2,1-2H3. The van der Waals surface area contributed by atoms with Crippen molar-refractivity contribution < 1.29 is 9.53 Å². The monoisotopic (exact) mass is 376 g/mol. The molecule has 3 heterocycles. The Morgan fingerprint density at radius 3 is 2.58 bits per heavy atom. The van der Waals surface area contributed by atoms with Gasteiger partial charge in [-0.25, -0.2) is 4.68 Å². The number of nitrogens with zero attached hydrogens (tertiary/aromatic N) is 6. The Morgan fingerprint density at radius 1 is 1.23 bits per heavy atom. The van der Waals surface area contributed by atoms with Gasteiger partial charge in [-0.1, -0.05) is 0 Å². The molecule has 9 heteroatoms. The number of ether oxygens (including phenoxy) is 1. The third-order valence-corrected chi connectivity index (χ3v) is 4.96. The number of piperazine rings is 1. The molecule has 1 saturated heterocycles. The average molecular weight is 376 g/mol. The number of anilines is 1. The molecule has 0 atom stereocenters. The van der Waals surface area contributed by atoms with Crippen LogP contribution in [0.5, 0.6) is 0 Å². The Balaban J connectivity index is 1.60. The molecule has 1 fully saturated rings. The predicted octanol–water partition coefficient (Wildman–Crippen LogP) is 1.23. The Labute approximate surface area is 158 Å². The summed E-state index contributed by atoms with van der Waals surface area (Å²) in [5.41, 5.74) is 1.20. The quantitative estimate of drug-likeness (QED) is 0.555. The van der Waals surface area contributed by atoms with Crippen molar-refractivity contribution in [2.75, 3.05) is 37.7 Å². The van der Waals surface area contributed by atoms with Crippen LogP contribution in [0.4, 0.5) is 5.69 Å². The second-order valence-electron chi connectivity index (χ2n) is 6.19. The number of aromatic nitrogens is 4. The van der Waals surface area contributed by atoms with Crippen LogP contribution in [-0.2, 0) is 29.7 Å². The molecule has 2 aromatic rings. The third kappa shape index (κ3) is 4.28. The zero-order valence-corrected chi connectivity index (χ0v) is 16.0. The van der Waals surface area contributed by atoms with Crippen LogP contribution < -0.4 is 4.90 Å². The molecule has 3 rings (SSSR count). The molecule has 1 aliphatic heterocycles. The zero-order chi connectivity index (χ0) is 18.5. The fourth-order valence-corrected chi connectivity index (χ4v) is 3.22. The molecule has 1 aliphatic rings. The summed E-state index contributed by atoms with van der Waals surface area (Å²) in [6, 6.07) is 4.07. The molecule has 0 unspecified atom stereocenters. The van der Waals surface area contributed by atoms with E-state index in [9.17, 15) is 4.79 Å². The number of carbonyl (C=O) groups is 1. The highest BCUT2D eigenvalue weighted by Gasteiger charge is 2.19. The molecule has 26 heavy (non-hydrogen) atoms. The number of esters is 1. The third-order valence-electron chi connectivity index (χ3n) is 4.47. The van der Waals surface area contributed by atoms with Gasteiger partial charge >= 0.3 is 5.97 Å². The molecule has 0 amide bonds. The maximum atomic E-state index is 11.7. The van der Waals surface area contributed by atoms with Gasteiger partial charge in [0, 0.05) is 51.3 Å². The number of hydrogen-bond donors (Lipinski definition) is 0. The molecule has 0 N–H and O–H groups in total. The summed E-state index contributed by atoms with van der Waals surface area (Å²) in [5, 5.41) is 4.51. The van der Waals surface area contributed by atoms with E-state index in [1.54, 1.807) is 16.2 Å². The van der Waals surface area contributed by atoms with E-state index >= 15 is 0 Å². The predicted molar refractivity (Wildman–Crippen MR) is 100 cm³/mol. The Bertz CT molecular complexity index is 795. The van der Waals surface area contributed by atoms with Crippen LogP contribution in [0.1, 0.15) is 12.7 Å². The molecule has 140 valence electrons. The van der Waals surface area contributed by atoms with E-state index in [1.165, 1.54) is 5.69 Å². The van der Waals surface area contributed by atoms with Crippen molar-refractivity contribution in [3.63, 3.8) is 0 Å². The van der Waals surface area contributed by atoms with E-state index < -0.39 is 0 Å². The summed E-state index contributed by atoms with van der Waals surface area (Å²) < 4.78 is 9.17. The summed E-state index contributed by atoms with van der Waals surface area (Å²) in [4.78, 5) is 20.4. The van der Waals surface area contributed by atoms with Gasteiger partial charge in [0.15, 0.2) is 4.77 Å². The lowest BCUT2D eigenvalue weighted by Gasteiger charge is -2.35. The maximum Gasteiger partial charge on any atom is 0.313 e. The van der Waals surface area contributed by atoms with Crippen molar-refractivity contribution in [3.05, 3.63) is 35.1 Å². The molecule has 0 saturated carbocycles. The van der Waals surface area contributed by atoms with E-state index in [-0.39, 0.29) is 12.4 Å². The Hall–Kier alpha value is -2.26. The van der Waals surface area contributed by atoms with E-state index in [4.69, 9.17) is 17.0 Å². The lowest BCUT2D eigenvalue weighted by Crippen LogP contribution is -2.47. The molecule has 8 nitrogen and oxygen atoms in total. The first-order valence-corrected chi connectivity index (χ1v) is 9.15. The van der Waals surface area contributed by atoms with Crippen LogP contribution in [0, 0.1) is 4.77 Å². The number of pyridine rings is 1. The molecule has 0 bridgehead atoms. The highest BCUT2D eigenvalue weighted by atomic mass is 32.1. The second kappa shape index (κ2) is 8.41. The van der Waals surface area contributed by atoms with Crippen LogP contribution >= 0.6 is 12.2 Å². The zero-order valence-electron chi connectivity index (χ0n) is 15.2.